The molecule has 4 atom stereocenters. The van der Waals surface area contributed by atoms with Crippen LogP contribution in [0.1, 0.15) is 31.7 Å². The number of H-pyrrole nitrogens is 1. The minimum absolute atomic E-state index is 0.0419. The highest BCUT2D eigenvalue weighted by Crippen LogP contribution is 2.19. The monoisotopic (exact) mass is 490 g/mol. The van der Waals surface area contributed by atoms with E-state index in [-0.39, 0.29) is 6.42 Å². The number of unbranched alkanes of at least 4 members (excludes halogenated alkanes) is 1. The van der Waals surface area contributed by atoms with E-state index in [0.717, 1.165) is 16.5 Å². The lowest BCUT2D eigenvalue weighted by atomic mass is 10.0. The van der Waals surface area contributed by atoms with Crippen molar-refractivity contribution in [1.82, 2.24) is 20.9 Å². The zero-order valence-electron chi connectivity index (χ0n) is 19.6. The molecule has 0 bridgehead atoms. The van der Waals surface area contributed by atoms with E-state index >= 15 is 0 Å². The quantitative estimate of drug-likeness (QED) is 0.149. The van der Waals surface area contributed by atoms with Gasteiger partial charge in [-0.1, -0.05) is 24.6 Å². The number of amides is 3. The van der Waals surface area contributed by atoms with Crippen LogP contribution in [0.5, 0.6) is 0 Å². The Balaban J connectivity index is 2.17. The predicted molar refractivity (Wildman–Crippen MR) is 129 cm³/mol. The Bertz CT molecular complexity index is 1020. The van der Waals surface area contributed by atoms with Crippen LogP contribution in [0.4, 0.5) is 0 Å². The number of rotatable bonds is 14. The second-order valence-corrected chi connectivity index (χ2v) is 8.35. The van der Waals surface area contributed by atoms with E-state index in [1.165, 1.54) is 6.92 Å². The van der Waals surface area contributed by atoms with Crippen LogP contribution >= 0.6 is 0 Å². The molecule has 12 heteroatoms. The zero-order chi connectivity index (χ0) is 26.0. The first-order chi connectivity index (χ1) is 16.6. The Morgan fingerprint density at radius 3 is 2.43 bits per heavy atom. The molecule has 2 rings (SSSR count). The molecular formula is C23H34N6O6. The van der Waals surface area contributed by atoms with Gasteiger partial charge in [-0.15, -0.1) is 0 Å². The molecule has 0 aliphatic carbocycles. The third-order valence-electron chi connectivity index (χ3n) is 5.51. The molecule has 0 saturated carbocycles. The number of benzene rings is 1. The molecule has 0 radical (unpaired) electrons. The second kappa shape index (κ2) is 13.4. The molecule has 0 spiro atoms. The van der Waals surface area contributed by atoms with Crippen LogP contribution in [0.15, 0.2) is 30.5 Å². The highest BCUT2D eigenvalue weighted by atomic mass is 16.4. The van der Waals surface area contributed by atoms with E-state index in [0.29, 0.717) is 25.8 Å². The van der Waals surface area contributed by atoms with Crippen molar-refractivity contribution in [2.45, 2.75) is 56.8 Å². The molecule has 10 N–H and O–H groups in total. The van der Waals surface area contributed by atoms with Gasteiger partial charge in [0, 0.05) is 23.5 Å². The Morgan fingerprint density at radius 1 is 1.06 bits per heavy atom. The first-order valence-corrected chi connectivity index (χ1v) is 11.4. The van der Waals surface area contributed by atoms with Crippen molar-refractivity contribution in [2.24, 2.45) is 11.5 Å². The van der Waals surface area contributed by atoms with Crippen molar-refractivity contribution < 1.29 is 29.4 Å². The van der Waals surface area contributed by atoms with Gasteiger partial charge in [0.05, 0.1) is 12.1 Å². The Labute approximate surface area is 202 Å². The van der Waals surface area contributed by atoms with Gasteiger partial charge in [0.1, 0.15) is 18.6 Å². The maximum atomic E-state index is 13.0. The Morgan fingerprint density at radius 2 is 1.77 bits per heavy atom. The second-order valence-electron chi connectivity index (χ2n) is 8.35. The smallest absolute Gasteiger partial charge is 0.322 e. The predicted octanol–water partition coefficient (Wildman–Crippen LogP) is -1.28. The van der Waals surface area contributed by atoms with Gasteiger partial charge >= 0.3 is 5.97 Å². The lowest BCUT2D eigenvalue weighted by Crippen LogP contribution is -2.59. The van der Waals surface area contributed by atoms with Crippen LogP contribution in [-0.4, -0.2) is 76.2 Å². The summed E-state index contributed by atoms with van der Waals surface area (Å²) in [6, 6.07) is 3.94. The van der Waals surface area contributed by atoms with Crippen molar-refractivity contribution in [2.75, 3.05) is 13.1 Å². The third-order valence-corrected chi connectivity index (χ3v) is 5.51. The first-order valence-electron chi connectivity index (χ1n) is 11.4. The maximum absolute atomic E-state index is 13.0. The average molecular weight is 491 g/mol. The molecular weight excluding hydrogens is 456 g/mol. The maximum Gasteiger partial charge on any atom is 0.322 e. The highest BCUT2D eigenvalue weighted by Gasteiger charge is 2.31. The standard InChI is InChI=1S/C23H34N6O6/c1-13(30)20(29-21(33)16(25)7-4-5-9-24)23(35)28-18(22(34)27-12-19(31)32)10-14-11-26-17-8-3-2-6-15(14)17/h2-3,6,8,11,13,16,18,20,26,30H,4-5,7,9-10,12,24-25H2,1H3,(H,27,34)(H,28,35)(H,29,33)(H,31,32). The molecule has 192 valence electrons. The van der Waals surface area contributed by atoms with Crippen molar-refractivity contribution in [3.05, 3.63) is 36.0 Å². The molecule has 1 aromatic heterocycles. The summed E-state index contributed by atoms with van der Waals surface area (Å²) in [6.45, 7) is 1.16. The van der Waals surface area contributed by atoms with Crippen LogP contribution in [0.2, 0.25) is 0 Å². The number of carbonyl (C=O) groups is 4. The summed E-state index contributed by atoms with van der Waals surface area (Å²) in [7, 11) is 0. The van der Waals surface area contributed by atoms with Gasteiger partial charge in [0.2, 0.25) is 17.7 Å². The van der Waals surface area contributed by atoms with E-state index < -0.39 is 54.5 Å². The number of aliphatic hydroxyl groups is 1. The molecule has 3 amide bonds. The Hall–Kier alpha value is -3.48. The van der Waals surface area contributed by atoms with Gasteiger partial charge in [0.15, 0.2) is 0 Å². The van der Waals surface area contributed by atoms with Crippen LogP contribution < -0.4 is 27.4 Å². The number of aliphatic hydroxyl groups excluding tert-OH is 1. The molecule has 0 aliphatic rings. The zero-order valence-corrected chi connectivity index (χ0v) is 19.6. The molecule has 12 nitrogen and oxygen atoms in total. The van der Waals surface area contributed by atoms with E-state index in [2.05, 4.69) is 20.9 Å². The molecule has 35 heavy (non-hydrogen) atoms. The fourth-order valence-electron chi connectivity index (χ4n) is 3.58. The van der Waals surface area contributed by atoms with Crippen molar-refractivity contribution in [3.8, 4) is 0 Å². The minimum Gasteiger partial charge on any atom is -0.480 e. The summed E-state index contributed by atoms with van der Waals surface area (Å²) in [6.07, 6.45) is 2.14. The summed E-state index contributed by atoms with van der Waals surface area (Å²) >= 11 is 0. The van der Waals surface area contributed by atoms with Gasteiger partial charge in [-0.2, -0.15) is 0 Å². The number of aromatic nitrogens is 1. The van der Waals surface area contributed by atoms with E-state index in [9.17, 15) is 24.3 Å². The SMILES string of the molecule is CC(O)C(NC(=O)C(N)CCCCN)C(=O)NC(Cc1c[nH]c2ccccc12)C(=O)NCC(=O)O. The summed E-state index contributed by atoms with van der Waals surface area (Å²) in [4.78, 5) is 52.2. The number of carbonyl (C=O) groups excluding carboxylic acids is 3. The molecule has 1 aromatic carbocycles. The summed E-state index contributed by atoms with van der Waals surface area (Å²) in [5.41, 5.74) is 12.9. The molecule has 4 unspecified atom stereocenters. The topological polar surface area (TPSA) is 213 Å². The van der Waals surface area contributed by atoms with Crippen molar-refractivity contribution in [3.63, 3.8) is 0 Å². The molecule has 0 saturated heterocycles. The summed E-state index contributed by atoms with van der Waals surface area (Å²) < 4.78 is 0. The Kier molecular flexibility index (Phi) is 10.6. The largest absolute Gasteiger partial charge is 0.480 e. The van der Waals surface area contributed by atoms with Crippen LogP contribution in [0.25, 0.3) is 10.9 Å². The lowest BCUT2D eigenvalue weighted by molar-refractivity contribution is -0.138. The molecule has 0 fully saturated rings. The normalized spacial score (nSPS) is 14.5. The van der Waals surface area contributed by atoms with Crippen LogP contribution in [-0.2, 0) is 25.6 Å². The number of carboxylic acid groups (broad SMARTS) is 1. The average Bonchev–Trinajstić information content (AvgIpc) is 3.22. The van der Waals surface area contributed by atoms with E-state index in [1.807, 2.05) is 24.3 Å². The van der Waals surface area contributed by atoms with Gasteiger partial charge in [-0.05, 0) is 37.9 Å². The van der Waals surface area contributed by atoms with Gasteiger partial charge < -0.3 is 42.6 Å². The molecule has 2 aromatic rings. The summed E-state index contributed by atoms with van der Waals surface area (Å²) in [5.74, 6) is -3.39. The van der Waals surface area contributed by atoms with Crippen molar-refractivity contribution in [1.29, 1.82) is 0 Å². The number of nitrogens with two attached hydrogens (primary N) is 2. The first kappa shape index (κ1) is 27.8. The molecule has 0 aliphatic heterocycles. The fraction of sp³-hybridized carbons (Fsp3) is 0.478. The minimum atomic E-state index is -1.37. The van der Waals surface area contributed by atoms with Crippen LogP contribution in [0.3, 0.4) is 0 Å². The number of aromatic amines is 1. The number of hydrogen-bond donors (Lipinski definition) is 8. The molecule has 1 heterocycles. The lowest BCUT2D eigenvalue weighted by Gasteiger charge is -2.25. The number of para-hydroxylation sites is 1. The van der Waals surface area contributed by atoms with E-state index in [1.54, 1.807) is 6.20 Å². The third kappa shape index (κ3) is 8.35. The number of nitrogens with one attached hydrogen (secondary N) is 4. The number of aliphatic carboxylic acids is 1. The van der Waals surface area contributed by atoms with Gasteiger partial charge in [-0.25, -0.2) is 0 Å². The van der Waals surface area contributed by atoms with E-state index in [4.69, 9.17) is 16.6 Å². The number of fused-ring (bicyclic) bond motifs is 1. The van der Waals surface area contributed by atoms with Crippen molar-refractivity contribution >= 4 is 34.6 Å². The van der Waals surface area contributed by atoms with Crippen LogP contribution in [0, 0.1) is 0 Å². The highest BCUT2D eigenvalue weighted by molar-refractivity contribution is 5.94. The van der Waals surface area contributed by atoms with Gasteiger partial charge in [-0.3, -0.25) is 19.2 Å². The number of carboxylic acids is 1. The fourth-order valence-corrected chi connectivity index (χ4v) is 3.58. The summed E-state index contributed by atoms with van der Waals surface area (Å²) in [5, 5.41) is 27.1. The number of hydrogen-bond acceptors (Lipinski definition) is 7. The van der Waals surface area contributed by atoms with Gasteiger partial charge in [0.25, 0.3) is 0 Å².